The van der Waals surface area contributed by atoms with E-state index < -0.39 is 10.0 Å². The van der Waals surface area contributed by atoms with Crippen LogP contribution in [0.15, 0.2) is 18.2 Å². The molecule has 1 rings (SSSR count). The Morgan fingerprint density at radius 1 is 1.20 bits per heavy atom. The lowest BCUT2D eigenvalue weighted by Gasteiger charge is -2.11. The zero-order valence-corrected chi connectivity index (χ0v) is 12.9. The van der Waals surface area contributed by atoms with Crippen molar-refractivity contribution in [1.29, 1.82) is 0 Å². The van der Waals surface area contributed by atoms with E-state index in [1.165, 1.54) is 0 Å². The molecule has 0 aliphatic rings. The molecular formula is C13H22N2O4S. The standard InChI is InChI=1S/C13H22N2O4S/c1-4-19-12-6-5-11(9-13(12)18-2)10-14-7-8-15-20(3,16)17/h5-6,9,14-15H,4,7-8,10H2,1-3H3. The molecule has 0 aliphatic heterocycles. The molecule has 0 amide bonds. The minimum Gasteiger partial charge on any atom is -0.493 e. The molecule has 0 saturated carbocycles. The third kappa shape index (κ3) is 6.23. The van der Waals surface area contributed by atoms with E-state index >= 15 is 0 Å². The largest absolute Gasteiger partial charge is 0.493 e. The number of hydrogen-bond donors (Lipinski definition) is 2. The van der Waals surface area contributed by atoms with Crippen molar-refractivity contribution in [2.75, 3.05) is 33.1 Å². The molecule has 2 N–H and O–H groups in total. The molecule has 20 heavy (non-hydrogen) atoms. The molecule has 0 saturated heterocycles. The molecule has 0 bridgehead atoms. The molecule has 7 heteroatoms. The Bertz CT molecular complexity index is 517. The Kier molecular flexibility index (Phi) is 6.77. The number of sulfonamides is 1. The Balaban J connectivity index is 2.44. The molecule has 0 aliphatic carbocycles. The molecule has 0 aromatic heterocycles. The van der Waals surface area contributed by atoms with Gasteiger partial charge in [-0.3, -0.25) is 0 Å². The predicted octanol–water partition coefficient (Wildman–Crippen LogP) is 0.733. The van der Waals surface area contributed by atoms with Crippen LogP contribution >= 0.6 is 0 Å². The fourth-order valence-corrected chi connectivity index (χ4v) is 2.13. The first-order valence-corrected chi connectivity index (χ1v) is 8.30. The minimum absolute atomic E-state index is 0.368. The van der Waals surface area contributed by atoms with Gasteiger partial charge in [0.2, 0.25) is 10.0 Å². The third-order valence-electron chi connectivity index (χ3n) is 2.52. The smallest absolute Gasteiger partial charge is 0.208 e. The van der Waals surface area contributed by atoms with E-state index in [0.717, 1.165) is 17.6 Å². The van der Waals surface area contributed by atoms with E-state index in [0.29, 0.717) is 32.0 Å². The van der Waals surface area contributed by atoms with Gasteiger partial charge in [0.15, 0.2) is 11.5 Å². The second-order valence-corrected chi connectivity index (χ2v) is 6.09. The van der Waals surface area contributed by atoms with Crippen molar-refractivity contribution >= 4 is 10.0 Å². The molecule has 0 unspecified atom stereocenters. The van der Waals surface area contributed by atoms with Gasteiger partial charge < -0.3 is 14.8 Å². The van der Waals surface area contributed by atoms with Gasteiger partial charge in [-0.2, -0.15) is 0 Å². The summed E-state index contributed by atoms with van der Waals surface area (Å²) in [5.41, 5.74) is 1.05. The summed E-state index contributed by atoms with van der Waals surface area (Å²) in [6, 6.07) is 5.72. The van der Waals surface area contributed by atoms with Crippen molar-refractivity contribution < 1.29 is 17.9 Å². The van der Waals surface area contributed by atoms with Crippen molar-refractivity contribution in [3.05, 3.63) is 23.8 Å². The summed E-state index contributed by atoms with van der Waals surface area (Å²) in [7, 11) is -1.52. The molecule has 6 nitrogen and oxygen atoms in total. The second kappa shape index (κ2) is 8.08. The maximum Gasteiger partial charge on any atom is 0.208 e. The van der Waals surface area contributed by atoms with Gasteiger partial charge in [0.25, 0.3) is 0 Å². The first kappa shape index (κ1) is 16.7. The second-order valence-electron chi connectivity index (χ2n) is 4.26. The normalized spacial score (nSPS) is 11.3. The quantitative estimate of drug-likeness (QED) is 0.658. The highest BCUT2D eigenvalue weighted by Crippen LogP contribution is 2.27. The van der Waals surface area contributed by atoms with Crippen LogP contribution in [0.2, 0.25) is 0 Å². The maximum absolute atomic E-state index is 10.9. The van der Waals surface area contributed by atoms with Crippen molar-refractivity contribution in [1.82, 2.24) is 10.0 Å². The van der Waals surface area contributed by atoms with Crippen molar-refractivity contribution in [3.63, 3.8) is 0 Å². The first-order chi connectivity index (χ1) is 9.46. The van der Waals surface area contributed by atoms with E-state index in [4.69, 9.17) is 9.47 Å². The van der Waals surface area contributed by atoms with Crippen LogP contribution in [-0.4, -0.2) is 41.5 Å². The highest BCUT2D eigenvalue weighted by Gasteiger charge is 2.05. The number of hydrogen-bond acceptors (Lipinski definition) is 5. The van der Waals surface area contributed by atoms with Gasteiger partial charge in [0.1, 0.15) is 0 Å². The Morgan fingerprint density at radius 2 is 1.95 bits per heavy atom. The van der Waals surface area contributed by atoms with Crippen molar-refractivity contribution in [3.8, 4) is 11.5 Å². The predicted molar refractivity (Wildman–Crippen MR) is 78.7 cm³/mol. The summed E-state index contributed by atoms with van der Waals surface area (Å²) in [6.45, 7) is 4.07. The van der Waals surface area contributed by atoms with Crippen LogP contribution in [-0.2, 0) is 16.6 Å². The third-order valence-corrected chi connectivity index (χ3v) is 3.25. The van der Waals surface area contributed by atoms with Gasteiger partial charge in [0.05, 0.1) is 20.0 Å². The van der Waals surface area contributed by atoms with Gasteiger partial charge in [-0.25, -0.2) is 13.1 Å². The zero-order chi connectivity index (χ0) is 15.0. The molecular weight excluding hydrogens is 280 g/mol. The summed E-state index contributed by atoms with van der Waals surface area (Å²) in [5.74, 6) is 1.41. The molecule has 1 aromatic rings. The summed E-state index contributed by atoms with van der Waals surface area (Å²) < 4.78 is 34.9. The highest BCUT2D eigenvalue weighted by atomic mass is 32.2. The van der Waals surface area contributed by atoms with E-state index in [1.54, 1.807) is 7.11 Å². The monoisotopic (exact) mass is 302 g/mol. The molecule has 0 atom stereocenters. The molecule has 0 fully saturated rings. The molecule has 0 spiro atoms. The summed E-state index contributed by atoms with van der Waals surface area (Å²) >= 11 is 0. The van der Waals surface area contributed by atoms with Crippen LogP contribution in [0.3, 0.4) is 0 Å². The van der Waals surface area contributed by atoms with Crippen LogP contribution in [0.25, 0.3) is 0 Å². The average Bonchev–Trinajstić information content (AvgIpc) is 2.38. The van der Waals surface area contributed by atoms with Gasteiger partial charge >= 0.3 is 0 Å². The molecule has 1 aromatic carbocycles. The number of rotatable bonds is 9. The van der Waals surface area contributed by atoms with Crippen molar-refractivity contribution in [2.45, 2.75) is 13.5 Å². The van der Waals surface area contributed by atoms with E-state index in [-0.39, 0.29) is 0 Å². The van der Waals surface area contributed by atoms with E-state index in [9.17, 15) is 8.42 Å². The Morgan fingerprint density at radius 3 is 2.55 bits per heavy atom. The lowest BCUT2D eigenvalue weighted by Crippen LogP contribution is -2.30. The van der Waals surface area contributed by atoms with Crippen LogP contribution < -0.4 is 19.5 Å². The first-order valence-electron chi connectivity index (χ1n) is 6.41. The number of nitrogens with one attached hydrogen (secondary N) is 2. The minimum atomic E-state index is -3.12. The van der Waals surface area contributed by atoms with Crippen LogP contribution in [0, 0.1) is 0 Å². The SMILES string of the molecule is CCOc1ccc(CNCCNS(C)(=O)=O)cc1OC. The van der Waals surface area contributed by atoms with E-state index in [1.807, 2.05) is 25.1 Å². The van der Waals surface area contributed by atoms with Gasteiger partial charge in [-0.05, 0) is 24.6 Å². The van der Waals surface area contributed by atoms with Crippen molar-refractivity contribution in [2.24, 2.45) is 0 Å². The Labute approximate surface area is 120 Å². The van der Waals surface area contributed by atoms with Crippen LogP contribution in [0.4, 0.5) is 0 Å². The van der Waals surface area contributed by atoms with Crippen LogP contribution in [0.1, 0.15) is 12.5 Å². The number of ether oxygens (including phenoxy) is 2. The summed E-state index contributed by atoms with van der Waals surface area (Å²) in [6.07, 6.45) is 1.14. The Hall–Kier alpha value is -1.31. The fourth-order valence-electron chi connectivity index (χ4n) is 1.65. The van der Waals surface area contributed by atoms with Gasteiger partial charge in [0, 0.05) is 19.6 Å². The fraction of sp³-hybridized carbons (Fsp3) is 0.538. The lowest BCUT2D eigenvalue weighted by atomic mass is 10.2. The van der Waals surface area contributed by atoms with Crippen LogP contribution in [0.5, 0.6) is 11.5 Å². The summed E-state index contributed by atoms with van der Waals surface area (Å²) in [5, 5.41) is 3.15. The van der Waals surface area contributed by atoms with Gasteiger partial charge in [-0.1, -0.05) is 6.07 Å². The summed E-state index contributed by atoms with van der Waals surface area (Å²) in [4.78, 5) is 0. The highest BCUT2D eigenvalue weighted by molar-refractivity contribution is 7.88. The maximum atomic E-state index is 10.9. The molecule has 0 heterocycles. The molecule has 114 valence electrons. The topological polar surface area (TPSA) is 76.7 Å². The average molecular weight is 302 g/mol. The zero-order valence-electron chi connectivity index (χ0n) is 12.1. The molecule has 0 radical (unpaired) electrons. The number of methoxy groups -OCH3 is 1. The van der Waals surface area contributed by atoms with Gasteiger partial charge in [-0.15, -0.1) is 0 Å². The van der Waals surface area contributed by atoms with E-state index in [2.05, 4.69) is 10.0 Å². The lowest BCUT2D eigenvalue weighted by molar-refractivity contribution is 0.310. The number of benzene rings is 1.